The van der Waals surface area contributed by atoms with Crippen LogP contribution in [0.15, 0.2) is 17.5 Å². The predicted molar refractivity (Wildman–Crippen MR) is 72.6 cm³/mol. The van der Waals surface area contributed by atoms with Crippen LogP contribution in [0.2, 0.25) is 0 Å². The molecule has 1 aliphatic carbocycles. The first-order valence-electron chi connectivity index (χ1n) is 5.95. The van der Waals surface area contributed by atoms with E-state index < -0.39 is 0 Å². The van der Waals surface area contributed by atoms with E-state index in [1.165, 1.54) is 17.7 Å². The number of hydrogen-bond donors (Lipinski definition) is 1. The van der Waals surface area contributed by atoms with E-state index in [9.17, 15) is 0 Å². The third-order valence-corrected chi connectivity index (χ3v) is 4.57. The summed E-state index contributed by atoms with van der Waals surface area (Å²) < 4.78 is 2.88. The summed E-state index contributed by atoms with van der Waals surface area (Å²) in [6.07, 6.45) is 2.75. The molecule has 3 nitrogen and oxygen atoms in total. The largest absolute Gasteiger partial charge is 0.299 e. The van der Waals surface area contributed by atoms with E-state index in [2.05, 4.69) is 33.1 Å². The zero-order chi connectivity index (χ0) is 11.8. The van der Waals surface area contributed by atoms with Gasteiger partial charge in [0.25, 0.3) is 0 Å². The minimum absolute atomic E-state index is 0.693. The fraction of sp³-hybridized carbons (Fsp3) is 0.500. The van der Waals surface area contributed by atoms with Crippen molar-refractivity contribution in [1.82, 2.24) is 14.8 Å². The molecule has 2 aromatic heterocycles. The number of H-pyrrole nitrogens is 1. The molecule has 1 atom stereocenters. The SMILES string of the molecule is CC(Cn1c(-c2cccs2)n[nH]c1=S)C1CC1. The normalized spacial score (nSPS) is 17.2. The Balaban J connectivity index is 1.92. The average molecular weight is 265 g/mol. The summed E-state index contributed by atoms with van der Waals surface area (Å²) in [5.74, 6) is 2.57. The smallest absolute Gasteiger partial charge is 0.195 e. The van der Waals surface area contributed by atoms with E-state index in [-0.39, 0.29) is 0 Å². The molecule has 2 heterocycles. The Kier molecular flexibility index (Phi) is 2.88. The minimum Gasteiger partial charge on any atom is -0.299 e. The van der Waals surface area contributed by atoms with E-state index in [4.69, 9.17) is 12.2 Å². The second kappa shape index (κ2) is 4.38. The van der Waals surface area contributed by atoms with Gasteiger partial charge >= 0.3 is 0 Å². The molecule has 0 amide bonds. The van der Waals surface area contributed by atoms with Crippen molar-refractivity contribution in [3.05, 3.63) is 22.3 Å². The molecule has 5 heteroatoms. The molecule has 0 aliphatic heterocycles. The first-order chi connectivity index (χ1) is 8.25. The lowest BCUT2D eigenvalue weighted by molar-refractivity contribution is 0.429. The fourth-order valence-electron chi connectivity index (χ4n) is 2.18. The van der Waals surface area contributed by atoms with E-state index in [0.29, 0.717) is 5.92 Å². The molecule has 0 aromatic carbocycles. The van der Waals surface area contributed by atoms with Crippen molar-refractivity contribution in [2.45, 2.75) is 26.3 Å². The molecule has 0 saturated heterocycles. The molecular weight excluding hydrogens is 250 g/mol. The van der Waals surface area contributed by atoms with Crippen molar-refractivity contribution in [2.24, 2.45) is 11.8 Å². The number of aromatic amines is 1. The highest BCUT2D eigenvalue weighted by molar-refractivity contribution is 7.71. The Morgan fingerprint density at radius 3 is 3.12 bits per heavy atom. The highest BCUT2D eigenvalue weighted by atomic mass is 32.1. The Labute approximate surface area is 109 Å². The molecule has 90 valence electrons. The maximum absolute atomic E-state index is 5.32. The van der Waals surface area contributed by atoms with Gasteiger partial charge in [-0.05, 0) is 48.3 Å². The average Bonchev–Trinajstić information content (AvgIpc) is 2.93. The molecule has 1 unspecified atom stereocenters. The van der Waals surface area contributed by atoms with Crippen molar-refractivity contribution in [3.8, 4) is 10.7 Å². The third-order valence-electron chi connectivity index (χ3n) is 3.40. The van der Waals surface area contributed by atoms with Crippen molar-refractivity contribution in [3.63, 3.8) is 0 Å². The second-order valence-corrected chi connectivity index (χ2v) is 6.09. The van der Waals surface area contributed by atoms with Gasteiger partial charge < -0.3 is 0 Å². The van der Waals surface area contributed by atoms with Crippen molar-refractivity contribution < 1.29 is 0 Å². The molecule has 1 saturated carbocycles. The quantitative estimate of drug-likeness (QED) is 0.855. The van der Waals surface area contributed by atoms with E-state index >= 15 is 0 Å². The van der Waals surface area contributed by atoms with Crippen LogP contribution >= 0.6 is 23.6 Å². The van der Waals surface area contributed by atoms with Crippen LogP contribution in [0, 0.1) is 16.6 Å². The first-order valence-corrected chi connectivity index (χ1v) is 7.23. The van der Waals surface area contributed by atoms with E-state index in [1.807, 2.05) is 6.07 Å². The lowest BCUT2D eigenvalue weighted by atomic mass is 10.1. The standard InChI is InChI=1S/C12H15N3S2/c1-8(9-4-5-9)7-15-11(13-14-12(15)16)10-3-2-6-17-10/h2-3,6,8-9H,4-5,7H2,1H3,(H,14,16). The molecular formula is C12H15N3S2. The summed E-state index contributed by atoms with van der Waals surface area (Å²) in [7, 11) is 0. The van der Waals surface area contributed by atoms with Gasteiger partial charge in [0.05, 0.1) is 4.88 Å². The lowest BCUT2D eigenvalue weighted by Gasteiger charge is -2.12. The zero-order valence-electron chi connectivity index (χ0n) is 9.72. The number of hydrogen-bond acceptors (Lipinski definition) is 3. The zero-order valence-corrected chi connectivity index (χ0v) is 11.4. The van der Waals surface area contributed by atoms with Gasteiger partial charge in [0.1, 0.15) is 0 Å². The van der Waals surface area contributed by atoms with Crippen molar-refractivity contribution in [2.75, 3.05) is 0 Å². The Morgan fingerprint density at radius 1 is 1.65 bits per heavy atom. The van der Waals surface area contributed by atoms with Crippen LogP contribution in [0.4, 0.5) is 0 Å². The summed E-state index contributed by atoms with van der Waals surface area (Å²) in [5.41, 5.74) is 0. The van der Waals surface area contributed by atoms with Crippen LogP contribution in [0.1, 0.15) is 19.8 Å². The topological polar surface area (TPSA) is 33.6 Å². The number of rotatable bonds is 4. The number of nitrogens with zero attached hydrogens (tertiary/aromatic N) is 2. The summed E-state index contributed by atoms with van der Waals surface area (Å²) in [6, 6.07) is 4.14. The summed E-state index contributed by atoms with van der Waals surface area (Å²) in [5, 5.41) is 9.33. The number of aromatic nitrogens is 3. The van der Waals surface area contributed by atoms with Crippen LogP contribution in [0.3, 0.4) is 0 Å². The third kappa shape index (κ3) is 2.21. The van der Waals surface area contributed by atoms with Crippen LogP contribution in [0.5, 0.6) is 0 Å². The first kappa shape index (κ1) is 11.2. The van der Waals surface area contributed by atoms with Crippen LogP contribution in [-0.4, -0.2) is 14.8 Å². The molecule has 0 radical (unpaired) electrons. The van der Waals surface area contributed by atoms with Gasteiger partial charge in [0, 0.05) is 6.54 Å². The molecule has 0 spiro atoms. The predicted octanol–water partition coefficient (Wildman–Crippen LogP) is 3.72. The second-order valence-electron chi connectivity index (χ2n) is 4.75. The van der Waals surface area contributed by atoms with E-state index in [1.54, 1.807) is 11.3 Å². The molecule has 17 heavy (non-hydrogen) atoms. The Morgan fingerprint density at radius 2 is 2.47 bits per heavy atom. The van der Waals surface area contributed by atoms with Gasteiger partial charge in [-0.2, -0.15) is 5.10 Å². The van der Waals surface area contributed by atoms with E-state index in [0.717, 1.165) is 23.1 Å². The summed E-state index contributed by atoms with van der Waals surface area (Å²) in [4.78, 5) is 1.18. The molecule has 1 fully saturated rings. The summed E-state index contributed by atoms with van der Waals surface area (Å²) >= 11 is 7.03. The van der Waals surface area contributed by atoms with Crippen molar-refractivity contribution in [1.29, 1.82) is 0 Å². The maximum Gasteiger partial charge on any atom is 0.195 e. The highest BCUT2D eigenvalue weighted by Gasteiger charge is 2.28. The molecule has 1 N–H and O–H groups in total. The monoisotopic (exact) mass is 265 g/mol. The van der Waals surface area contributed by atoms with Gasteiger partial charge in [0.15, 0.2) is 10.6 Å². The van der Waals surface area contributed by atoms with Crippen LogP contribution in [0.25, 0.3) is 10.7 Å². The van der Waals surface area contributed by atoms with Crippen LogP contribution in [-0.2, 0) is 6.54 Å². The lowest BCUT2D eigenvalue weighted by Crippen LogP contribution is -2.10. The van der Waals surface area contributed by atoms with Gasteiger partial charge in [-0.25, -0.2) is 0 Å². The van der Waals surface area contributed by atoms with Gasteiger partial charge in [-0.1, -0.05) is 13.0 Å². The molecule has 2 aromatic rings. The summed E-state index contributed by atoms with van der Waals surface area (Å²) in [6.45, 7) is 3.29. The van der Waals surface area contributed by atoms with Gasteiger partial charge in [-0.3, -0.25) is 9.67 Å². The van der Waals surface area contributed by atoms with Gasteiger partial charge in [-0.15, -0.1) is 11.3 Å². The molecule has 0 bridgehead atoms. The Bertz CT molecular complexity index is 549. The molecule has 1 aliphatic rings. The van der Waals surface area contributed by atoms with Gasteiger partial charge in [0.2, 0.25) is 0 Å². The van der Waals surface area contributed by atoms with Crippen molar-refractivity contribution >= 4 is 23.6 Å². The van der Waals surface area contributed by atoms with Crippen LogP contribution < -0.4 is 0 Å². The minimum atomic E-state index is 0.693. The maximum atomic E-state index is 5.32. The molecule has 3 rings (SSSR count). The highest BCUT2D eigenvalue weighted by Crippen LogP contribution is 2.38. The Hall–Kier alpha value is -0.940. The number of nitrogens with one attached hydrogen (secondary N) is 1. The fourth-order valence-corrected chi connectivity index (χ4v) is 3.11. The number of thiophene rings is 1.